The third-order valence-electron chi connectivity index (χ3n) is 4.24. The molecule has 146 valence electrons. The lowest BCUT2D eigenvalue weighted by Gasteiger charge is -2.34. The van der Waals surface area contributed by atoms with Gasteiger partial charge < -0.3 is 19.3 Å². The number of carboxylic acid groups (broad SMARTS) is 1. The van der Waals surface area contributed by atoms with Crippen LogP contribution >= 0.6 is 0 Å². The van der Waals surface area contributed by atoms with E-state index in [2.05, 4.69) is 17.9 Å². The first-order valence-corrected chi connectivity index (χ1v) is 9.05. The molecule has 0 aliphatic carbocycles. The van der Waals surface area contributed by atoms with Gasteiger partial charge in [0.2, 0.25) is 0 Å². The lowest BCUT2D eigenvalue weighted by Crippen LogP contribution is -2.47. The average molecular weight is 366 g/mol. The molecular weight excluding hydrogens is 336 g/mol. The standard InChI is InChI=1S/C19H30N2O5/c1-4-8-26-18-10-15(5-6-17(18)24-3)11-21-7-9-25-16(13-21)12-20(2)14-19(22)23/h5-6,10,16H,4,7-9,11-14H2,1-3H3,(H,22,23). The third-order valence-corrected chi connectivity index (χ3v) is 4.24. The van der Waals surface area contributed by atoms with Crippen molar-refractivity contribution in [1.82, 2.24) is 9.80 Å². The van der Waals surface area contributed by atoms with Crippen molar-refractivity contribution >= 4 is 5.97 Å². The van der Waals surface area contributed by atoms with Crippen molar-refractivity contribution in [2.75, 3.05) is 53.6 Å². The lowest BCUT2D eigenvalue weighted by molar-refractivity contribution is -0.138. The molecule has 1 heterocycles. The first kappa shape index (κ1) is 20.5. The van der Waals surface area contributed by atoms with Crippen molar-refractivity contribution in [3.8, 4) is 11.5 Å². The normalized spacial score (nSPS) is 18.1. The van der Waals surface area contributed by atoms with Crippen LogP contribution in [0.25, 0.3) is 0 Å². The molecule has 1 aliphatic heterocycles. The highest BCUT2D eigenvalue weighted by atomic mass is 16.5. The number of rotatable bonds is 10. The minimum atomic E-state index is -0.821. The second-order valence-corrected chi connectivity index (χ2v) is 6.65. The Labute approximate surface area is 155 Å². The Balaban J connectivity index is 1.93. The van der Waals surface area contributed by atoms with Crippen LogP contribution in [0.5, 0.6) is 11.5 Å². The van der Waals surface area contributed by atoms with Crippen LogP contribution in [0.3, 0.4) is 0 Å². The van der Waals surface area contributed by atoms with Crippen LogP contribution in [0.1, 0.15) is 18.9 Å². The summed E-state index contributed by atoms with van der Waals surface area (Å²) in [7, 11) is 3.45. The van der Waals surface area contributed by atoms with Crippen LogP contribution < -0.4 is 9.47 Å². The molecule has 7 nitrogen and oxygen atoms in total. The molecule has 0 spiro atoms. The molecule has 1 saturated heterocycles. The van der Waals surface area contributed by atoms with Crippen molar-refractivity contribution in [3.05, 3.63) is 23.8 Å². The predicted molar refractivity (Wildman–Crippen MR) is 98.9 cm³/mol. The fraction of sp³-hybridized carbons (Fsp3) is 0.632. The molecule has 0 radical (unpaired) electrons. The number of hydrogen-bond acceptors (Lipinski definition) is 6. The Bertz CT molecular complexity index is 581. The summed E-state index contributed by atoms with van der Waals surface area (Å²) in [5.74, 6) is 0.702. The Morgan fingerprint density at radius 1 is 1.42 bits per heavy atom. The first-order chi connectivity index (χ1) is 12.5. The molecule has 1 atom stereocenters. The van der Waals surface area contributed by atoms with E-state index in [1.54, 1.807) is 19.1 Å². The molecule has 1 aliphatic rings. The second kappa shape index (κ2) is 10.4. The van der Waals surface area contributed by atoms with Crippen LogP contribution in [0.2, 0.25) is 0 Å². The summed E-state index contributed by atoms with van der Waals surface area (Å²) >= 11 is 0. The molecule has 1 unspecified atom stereocenters. The SMILES string of the molecule is CCCOc1cc(CN2CCOC(CN(C)CC(=O)O)C2)ccc1OC. The quantitative estimate of drug-likeness (QED) is 0.676. The molecule has 2 rings (SSSR count). The highest BCUT2D eigenvalue weighted by Crippen LogP contribution is 2.29. The fourth-order valence-electron chi connectivity index (χ4n) is 3.08. The molecule has 0 amide bonds. The number of carboxylic acids is 1. The van der Waals surface area contributed by atoms with Crippen LogP contribution in [0, 0.1) is 0 Å². The van der Waals surface area contributed by atoms with E-state index in [1.165, 1.54) is 0 Å². The van der Waals surface area contributed by atoms with E-state index in [4.69, 9.17) is 19.3 Å². The zero-order chi connectivity index (χ0) is 18.9. The van der Waals surface area contributed by atoms with Gasteiger partial charge in [-0.05, 0) is 31.2 Å². The van der Waals surface area contributed by atoms with Crippen LogP contribution in [-0.2, 0) is 16.1 Å². The number of methoxy groups -OCH3 is 1. The Morgan fingerprint density at radius 3 is 2.92 bits per heavy atom. The van der Waals surface area contributed by atoms with E-state index in [1.807, 2.05) is 12.1 Å². The average Bonchev–Trinajstić information content (AvgIpc) is 2.59. The summed E-state index contributed by atoms with van der Waals surface area (Å²) in [5.41, 5.74) is 1.16. The molecule has 26 heavy (non-hydrogen) atoms. The summed E-state index contributed by atoms with van der Waals surface area (Å²) in [4.78, 5) is 14.9. The van der Waals surface area contributed by atoms with E-state index in [0.29, 0.717) is 19.8 Å². The fourth-order valence-corrected chi connectivity index (χ4v) is 3.08. The maximum atomic E-state index is 10.8. The van der Waals surface area contributed by atoms with Gasteiger partial charge in [-0.2, -0.15) is 0 Å². The zero-order valence-corrected chi connectivity index (χ0v) is 15.9. The van der Waals surface area contributed by atoms with Crippen LogP contribution in [0.4, 0.5) is 0 Å². The second-order valence-electron chi connectivity index (χ2n) is 6.65. The van der Waals surface area contributed by atoms with Crippen molar-refractivity contribution in [3.63, 3.8) is 0 Å². The van der Waals surface area contributed by atoms with Gasteiger partial charge in [-0.3, -0.25) is 14.6 Å². The van der Waals surface area contributed by atoms with Gasteiger partial charge in [0.25, 0.3) is 0 Å². The number of likely N-dealkylation sites (N-methyl/N-ethyl adjacent to an activating group) is 1. The van der Waals surface area contributed by atoms with E-state index < -0.39 is 5.97 Å². The molecule has 1 fully saturated rings. The minimum Gasteiger partial charge on any atom is -0.493 e. The van der Waals surface area contributed by atoms with E-state index in [-0.39, 0.29) is 12.6 Å². The number of aliphatic carboxylic acids is 1. The maximum absolute atomic E-state index is 10.8. The number of morpholine rings is 1. The zero-order valence-electron chi connectivity index (χ0n) is 15.9. The number of hydrogen-bond donors (Lipinski definition) is 1. The molecule has 0 aromatic heterocycles. The summed E-state index contributed by atoms with van der Waals surface area (Å²) in [6.45, 7) is 6.46. The first-order valence-electron chi connectivity index (χ1n) is 9.05. The molecule has 1 N–H and O–H groups in total. The Hall–Kier alpha value is -1.83. The van der Waals surface area contributed by atoms with Crippen molar-refractivity contribution in [2.45, 2.75) is 26.0 Å². The Kier molecular flexibility index (Phi) is 8.15. The van der Waals surface area contributed by atoms with E-state index >= 15 is 0 Å². The predicted octanol–water partition coefficient (Wildman–Crippen LogP) is 1.70. The van der Waals surface area contributed by atoms with Crippen molar-refractivity contribution < 1.29 is 24.1 Å². The molecule has 0 bridgehead atoms. The number of ether oxygens (including phenoxy) is 3. The van der Waals surface area contributed by atoms with Crippen LogP contribution in [0.15, 0.2) is 18.2 Å². The monoisotopic (exact) mass is 366 g/mol. The number of nitrogens with zero attached hydrogens (tertiary/aromatic N) is 2. The molecule has 1 aromatic carbocycles. The van der Waals surface area contributed by atoms with Gasteiger partial charge in [-0.15, -0.1) is 0 Å². The topological polar surface area (TPSA) is 71.5 Å². The van der Waals surface area contributed by atoms with Gasteiger partial charge >= 0.3 is 5.97 Å². The van der Waals surface area contributed by atoms with Crippen LogP contribution in [-0.4, -0.2) is 80.5 Å². The minimum absolute atomic E-state index is 0.0159. The molecule has 1 aromatic rings. The largest absolute Gasteiger partial charge is 0.493 e. The lowest BCUT2D eigenvalue weighted by atomic mass is 10.1. The van der Waals surface area contributed by atoms with Gasteiger partial charge in [0.15, 0.2) is 11.5 Å². The van der Waals surface area contributed by atoms with Gasteiger partial charge in [-0.25, -0.2) is 0 Å². The molecular formula is C19H30N2O5. The number of benzene rings is 1. The molecule has 0 saturated carbocycles. The van der Waals surface area contributed by atoms with E-state index in [0.717, 1.165) is 43.1 Å². The van der Waals surface area contributed by atoms with Gasteiger partial charge in [-0.1, -0.05) is 13.0 Å². The van der Waals surface area contributed by atoms with Gasteiger partial charge in [0, 0.05) is 26.2 Å². The van der Waals surface area contributed by atoms with E-state index in [9.17, 15) is 4.79 Å². The Morgan fingerprint density at radius 2 is 2.23 bits per heavy atom. The smallest absolute Gasteiger partial charge is 0.317 e. The highest BCUT2D eigenvalue weighted by molar-refractivity contribution is 5.69. The maximum Gasteiger partial charge on any atom is 0.317 e. The number of carbonyl (C=O) groups is 1. The summed E-state index contributed by atoms with van der Waals surface area (Å²) in [6, 6.07) is 6.03. The van der Waals surface area contributed by atoms with Gasteiger partial charge in [0.1, 0.15) is 0 Å². The summed E-state index contributed by atoms with van der Waals surface area (Å²) < 4.78 is 16.9. The van der Waals surface area contributed by atoms with Gasteiger partial charge in [0.05, 0.1) is 33.0 Å². The summed E-state index contributed by atoms with van der Waals surface area (Å²) in [5, 5.41) is 8.88. The van der Waals surface area contributed by atoms with Crippen molar-refractivity contribution in [1.29, 1.82) is 0 Å². The molecule has 7 heteroatoms. The van der Waals surface area contributed by atoms with Crippen molar-refractivity contribution in [2.24, 2.45) is 0 Å². The summed E-state index contributed by atoms with van der Waals surface area (Å²) in [6.07, 6.45) is 0.963. The third kappa shape index (κ3) is 6.48. The highest BCUT2D eigenvalue weighted by Gasteiger charge is 2.22.